The summed E-state index contributed by atoms with van der Waals surface area (Å²) in [7, 11) is 0. The Kier molecular flexibility index (Phi) is 1.88. The third-order valence-corrected chi connectivity index (χ3v) is 1.62. The van der Waals surface area contributed by atoms with Crippen LogP contribution in [-0.2, 0) is 0 Å². The van der Waals surface area contributed by atoms with Gasteiger partial charge >= 0.3 is 0 Å². The van der Waals surface area contributed by atoms with Crippen LogP contribution >= 0.6 is 22.6 Å². The van der Waals surface area contributed by atoms with E-state index in [0.717, 1.165) is 0 Å². The Morgan fingerprint density at radius 2 is 2.62 bits per heavy atom. The summed E-state index contributed by atoms with van der Waals surface area (Å²) in [4.78, 5) is 6.90. The summed E-state index contributed by atoms with van der Waals surface area (Å²) in [6, 6.07) is 0. The van der Waals surface area contributed by atoms with Gasteiger partial charge in [-0.25, -0.2) is 4.98 Å². The van der Waals surface area contributed by atoms with Crippen LogP contribution in [0, 0.1) is 0 Å². The van der Waals surface area contributed by atoms with Gasteiger partial charge in [0, 0.05) is 15.8 Å². The molecule has 0 aromatic carbocycles. The van der Waals surface area contributed by atoms with Gasteiger partial charge in [-0.1, -0.05) is 22.6 Å². The van der Waals surface area contributed by atoms with Crippen LogP contribution < -0.4 is 0 Å². The van der Waals surface area contributed by atoms with Crippen LogP contribution in [-0.4, -0.2) is 9.97 Å². The van der Waals surface area contributed by atoms with Gasteiger partial charge in [0.25, 0.3) is 0 Å². The molecule has 0 spiro atoms. The molecule has 1 atom stereocenters. The predicted octanol–water partition coefficient (Wildman–Crippen LogP) is 1.91. The second-order valence-corrected chi connectivity index (χ2v) is 3.49. The molecule has 0 saturated carbocycles. The molecular weight excluding hydrogens is 215 g/mol. The van der Waals surface area contributed by atoms with E-state index in [4.69, 9.17) is 0 Å². The number of alkyl halides is 1. The number of H-pyrrole nitrogens is 1. The summed E-state index contributed by atoms with van der Waals surface area (Å²) in [5, 5.41) is 0. The number of aromatic nitrogens is 2. The number of imidazole rings is 1. The second kappa shape index (κ2) is 2.48. The Hall–Kier alpha value is -0.0600. The number of aromatic amines is 1. The Bertz CT molecular complexity index is 145. The van der Waals surface area contributed by atoms with Gasteiger partial charge in [-0.15, -0.1) is 0 Å². The lowest BCUT2D eigenvalue weighted by atomic mass is 10.4. The van der Waals surface area contributed by atoms with E-state index in [1.165, 1.54) is 5.69 Å². The summed E-state index contributed by atoms with van der Waals surface area (Å²) >= 11 is 2.33. The highest BCUT2D eigenvalue weighted by molar-refractivity contribution is 14.1. The molecule has 0 saturated heterocycles. The molecule has 0 aliphatic rings. The van der Waals surface area contributed by atoms with Crippen LogP contribution in [0.2, 0.25) is 0 Å². The third-order valence-electron chi connectivity index (χ3n) is 0.948. The SMILES string of the molecule is CC(I)c1cnc[nH]1. The fourth-order valence-corrected chi connectivity index (χ4v) is 0.825. The Balaban J connectivity index is 2.77. The van der Waals surface area contributed by atoms with Gasteiger partial charge in [-0.2, -0.15) is 0 Å². The number of hydrogen-bond acceptors (Lipinski definition) is 1. The molecule has 2 nitrogen and oxygen atoms in total. The standard InChI is InChI=1S/C5H7IN2/c1-4(6)5-2-7-3-8-5/h2-4H,1H3,(H,7,8). The molecule has 0 aliphatic carbocycles. The molecule has 1 N–H and O–H groups in total. The monoisotopic (exact) mass is 222 g/mol. The first-order chi connectivity index (χ1) is 3.80. The highest BCUT2D eigenvalue weighted by Gasteiger charge is 1.97. The number of hydrogen-bond donors (Lipinski definition) is 1. The van der Waals surface area contributed by atoms with E-state index in [-0.39, 0.29) is 0 Å². The summed E-state index contributed by atoms with van der Waals surface area (Å²) < 4.78 is 0.537. The minimum Gasteiger partial charge on any atom is -0.348 e. The van der Waals surface area contributed by atoms with E-state index in [2.05, 4.69) is 39.5 Å². The van der Waals surface area contributed by atoms with Crippen molar-refractivity contribution in [2.24, 2.45) is 0 Å². The first-order valence-electron chi connectivity index (χ1n) is 2.43. The summed E-state index contributed by atoms with van der Waals surface area (Å²) in [5.41, 5.74) is 1.19. The summed E-state index contributed by atoms with van der Waals surface area (Å²) in [5.74, 6) is 0. The maximum Gasteiger partial charge on any atom is 0.0922 e. The average molecular weight is 222 g/mol. The van der Waals surface area contributed by atoms with Gasteiger partial charge in [0.2, 0.25) is 0 Å². The number of rotatable bonds is 1. The lowest BCUT2D eigenvalue weighted by molar-refractivity contribution is 1.07. The predicted molar refractivity (Wildman–Crippen MR) is 41.0 cm³/mol. The fourth-order valence-electron chi connectivity index (χ4n) is 0.484. The van der Waals surface area contributed by atoms with Crippen LogP contribution in [0.5, 0.6) is 0 Å². The van der Waals surface area contributed by atoms with Crippen molar-refractivity contribution in [3.63, 3.8) is 0 Å². The quantitative estimate of drug-likeness (QED) is 0.570. The lowest BCUT2D eigenvalue weighted by Gasteiger charge is -1.93. The van der Waals surface area contributed by atoms with E-state index < -0.39 is 0 Å². The van der Waals surface area contributed by atoms with Crippen molar-refractivity contribution >= 4 is 22.6 Å². The van der Waals surface area contributed by atoms with Gasteiger partial charge < -0.3 is 4.98 Å². The molecule has 1 aromatic rings. The molecule has 1 aromatic heterocycles. The third kappa shape index (κ3) is 1.21. The molecule has 0 radical (unpaired) electrons. The smallest absolute Gasteiger partial charge is 0.0922 e. The van der Waals surface area contributed by atoms with Gasteiger partial charge in [0.05, 0.1) is 6.33 Å². The Morgan fingerprint density at radius 3 is 2.88 bits per heavy atom. The zero-order chi connectivity index (χ0) is 5.98. The maximum atomic E-state index is 3.88. The first kappa shape index (κ1) is 6.07. The molecule has 1 rings (SSSR count). The van der Waals surface area contributed by atoms with Crippen LogP contribution in [0.25, 0.3) is 0 Å². The second-order valence-electron chi connectivity index (χ2n) is 1.62. The van der Waals surface area contributed by atoms with Gasteiger partial charge in [-0.05, 0) is 6.92 Å². The summed E-state index contributed by atoms with van der Waals surface area (Å²) in [6.07, 6.45) is 3.54. The Morgan fingerprint density at radius 1 is 1.88 bits per heavy atom. The molecular formula is C5H7IN2. The number of halogens is 1. The van der Waals surface area contributed by atoms with E-state index in [0.29, 0.717) is 3.92 Å². The van der Waals surface area contributed by atoms with Crippen molar-refractivity contribution in [2.45, 2.75) is 10.8 Å². The molecule has 0 bridgehead atoms. The molecule has 0 amide bonds. The van der Waals surface area contributed by atoms with Crippen LogP contribution in [0.15, 0.2) is 12.5 Å². The minimum atomic E-state index is 0.537. The van der Waals surface area contributed by atoms with Crippen molar-refractivity contribution in [1.82, 2.24) is 9.97 Å². The normalized spacial score (nSPS) is 13.8. The van der Waals surface area contributed by atoms with Gasteiger partial charge in [0.1, 0.15) is 0 Å². The van der Waals surface area contributed by atoms with Crippen LogP contribution in [0.3, 0.4) is 0 Å². The number of nitrogens with one attached hydrogen (secondary N) is 1. The minimum absolute atomic E-state index is 0.537. The molecule has 1 heterocycles. The van der Waals surface area contributed by atoms with Crippen molar-refractivity contribution in [3.8, 4) is 0 Å². The largest absolute Gasteiger partial charge is 0.348 e. The molecule has 0 fully saturated rings. The molecule has 44 valence electrons. The van der Waals surface area contributed by atoms with Gasteiger partial charge in [0.15, 0.2) is 0 Å². The Labute approximate surface area is 61.9 Å². The summed E-state index contributed by atoms with van der Waals surface area (Å²) in [6.45, 7) is 2.12. The van der Waals surface area contributed by atoms with Crippen molar-refractivity contribution in [2.75, 3.05) is 0 Å². The van der Waals surface area contributed by atoms with Gasteiger partial charge in [-0.3, -0.25) is 0 Å². The van der Waals surface area contributed by atoms with E-state index >= 15 is 0 Å². The van der Waals surface area contributed by atoms with Crippen LogP contribution in [0.4, 0.5) is 0 Å². The van der Waals surface area contributed by atoms with Crippen molar-refractivity contribution in [3.05, 3.63) is 18.2 Å². The molecule has 3 heteroatoms. The highest BCUT2D eigenvalue weighted by atomic mass is 127. The molecule has 1 unspecified atom stereocenters. The van der Waals surface area contributed by atoms with E-state index in [1.54, 1.807) is 6.33 Å². The first-order valence-corrected chi connectivity index (χ1v) is 3.67. The van der Waals surface area contributed by atoms with Crippen molar-refractivity contribution in [1.29, 1.82) is 0 Å². The zero-order valence-electron chi connectivity index (χ0n) is 4.56. The average Bonchev–Trinajstić information content (AvgIpc) is 2.12. The topological polar surface area (TPSA) is 28.7 Å². The number of nitrogens with zero attached hydrogens (tertiary/aromatic N) is 1. The molecule has 0 aliphatic heterocycles. The highest BCUT2D eigenvalue weighted by Crippen LogP contribution is 2.17. The maximum absolute atomic E-state index is 3.88. The fraction of sp³-hybridized carbons (Fsp3) is 0.400. The lowest BCUT2D eigenvalue weighted by Crippen LogP contribution is -1.79. The van der Waals surface area contributed by atoms with E-state index in [1.807, 2.05) is 6.20 Å². The zero-order valence-corrected chi connectivity index (χ0v) is 6.71. The molecule has 8 heavy (non-hydrogen) atoms. The van der Waals surface area contributed by atoms with E-state index in [9.17, 15) is 0 Å². The van der Waals surface area contributed by atoms with Crippen molar-refractivity contribution < 1.29 is 0 Å². The van der Waals surface area contributed by atoms with Crippen LogP contribution in [0.1, 0.15) is 16.5 Å².